The maximum absolute atomic E-state index is 11.7. The molecule has 4 atom stereocenters. The number of hydrogen-bond donors (Lipinski definition) is 4. The van der Waals surface area contributed by atoms with Crippen molar-refractivity contribution in [3.05, 3.63) is 0 Å². The first-order valence-electron chi connectivity index (χ1n) is 7.88. The lowest BCUT2D eigenvalue weighted by Gasteiger charge is -2.13. The number of hydrogen-bond acceptors (Lipinski definition) is 5. The van der Waals surface area contributed by atoms with Gasteiger partial charge in [-0.1, -0.05) is 13.8 Å². The predicted molar refractivity (Wildman–Crippen MR) is 81.6 cm³/mol. The Kier molecular flexibility index (Phi) is 7.97. The van der Waals surface area contributed by atoms with Crippen LogP contribution in [0.15, 0.2) is 0 Å². The standard InChI is InChI=1S/C15H26N2O6/c1-9(7-11(19)16-5-4-10(2)8-18)3-6-17-14(20)12-13(23-12)15(21)22/h9-10,12-13,18H,3-8H2,1-2H3,(H,16,19)(H,17,20)(H,21,22). The van der Waals surface area contributed by atoms with Crippen LogP contribution in [0.1, 0.15) is 33.1 Å². The Labute approximate surface area is 135 Å². The van der Waals surface area contributed by atoms with Crippen molar-refractivity contribution in [2.75, 3.05) is 19.7 Å². The highest BCUT2D eigenvalue weighted by Crippen LogP contribution is 2.22. The van der Waals surface area contributed by atoms with Gasteiger partial charge in [0, 0.05) is 26.1 Å². The van der Waals surface area contributed by atoms with Gasteiger partial charge in [0.1, 0.15) is 0 Å². The van der Waals surface area contributed by atoms with Gasteiger partial charge in [0.25, 0.3) is 5.91 Å². The smallest absolute Gasteiger partial charge is 0.336 e. The third kappa shape index (κ3) is 7.43. The van der Waals surface area contributed by atoms with Crippen LogP contribution < -0.4 is 10.6 Å². The van der Waals surface area contributed by atoms with Gasteiger partial charge in [0.2, 0.25) is 5.91 Å². The van der Waals surface area contributed by atoms with Crippen molar-refractivity contribution in [2.24, 2.45) is 11.8 Å². The van der Waals surface area contributed by atoms with Crippen molar-refractivity contribution in [3.8, 4) is 0 Å². The number of carboxylic acid groups (broad SMARTS) is 1. The summed E-state index contributed by atoms with van der Waals surface area (Å²) in [6.45, 7) is 4.85. The molecule has 1 heterocycles. The Balaban J connectivity index is 2.07. The number of carbonyl (C=O) groups excluding carboxylic acids is 2. The van der Waals surface area contributed by atoms with Gasteiger partial charge in [-0.15, -0.1) is 0 Å². The summed E-state index contributed by atoms with van der Waals surface area (Å²) in [5.41, 5.74) is 0. The fourth-order valence-corrected chi connectivity index (χ4v) is 2.08. The Hall–Kier alpha value is -1.67. The number of aliphatic hydroxyl groups excluding tert-OH is 1. The van der Waals surface area contributed by atoms with Gasteiger partial charge in [-0.25, -0.2) is 4.79 Å². The molecule has 0 aromatic rings. The van der Waals surface area contributed by atoms with E-state index >= 15 is 0 Å². The lowest BCUT2D eigenvalue weighted by molar-refractivity contribution is -0.138. The van der Waals surface area contributed by atoms with Gasteiger partial charge >= 0.3 is 5.97 Å². The average Bonchev–Trinajstić information content (AvgIpc) is 3.27. The van der Waals surface area contributed by atoms with E-state index in [9.17, 15) is 14.4 Å². The first-order chi connectivity index (χ1) is 10.8. The third-order valence-electron chi connectivity index (χ3n) is 3.73. The molecule has 0 spiro atoms. The van der Waals surface area contributed by atoms with E-state index in [0.29, 0.717) is 25.9 Å². The zero-order valence-electron chi connectivity index (χ0n) is 13.6. The number of amides is 2. The molecule has 0 aliphatic carbocycles. The first-order valence-corrected chi connectivity index (χ1v) is 7.88. The van der Waals surface area contributed by atoms with Crippen LogP contribution in [0.3, 0.4) is 0 Å². The molecule has 1 saturated heterocycles. The van der Waals surface area contributed by atoms with Crippen molar-refractivity contribution in [3.63, 3.8) is 0 Å². The molecule has 0 bridgehead atoms. The fourth-order valence-electron chi connectivity index (χ4n) is 2.08. The molecule has 1 fully saturated rings. The van der Waals surface area contributed by atoms with Gasteiger partial charge in [-0.2, -0.15) is 0 Å². The van der Waals surface area contributed by atoms with Crippen LogP contribution in [-0.2, 0) is 19.1 Å². The molecule has 23 heavy (non-hydrogen) atoms. The van der Waals surface area contributed by atoms with E-state index in [0.717, 1.165) is 6.42 Å². The topological polar surface area (TPSA) is 128 Å². The Morgan fingerprint density at radius 1 is 1.04 bits per heavy atom. The van der Waals surface area contributed by atoms with Gasteiger partial charge in [-0.05, 0) is 24.7 Å². The molecule has 0 aromatic heterocycles. The summed E-state index contributed by atoms with van der Waals surface area (Å²) in [6.07, 6.45) is -0.199. The van der Waals surface area contributed by atoms with E-state index in [1.54, 1.807) is 0 Å². The predicted octanol–water partition coefficient (Wildman–Crippen LogP) is -0.494. The van der Waals surface area contributed by atoms with Crippen molar-refractivity contribution < 1.29 is 29.3 Å². The molecule has 132 valence electrons. The zero-order valence-corrected chi connectivity index (χ0v) is 13.6. The summed E-state index contributed by atoms with van der Waals surface area (Å²) in [6, 6.07) is 0. The number of ether oxygens (including phenoxy) is 1. The van der Waals surface area contributed by atoms with Crippen LogP contribution >= 0.6 is 0 Å². The van der Waals surface area contributed by atoms with E-state index in [1.165, 1.54) is 0 Å². The average molecular weight is 330 g/mol. The largest absolute Gasteiger partial charge is 0.479 e. The maximum Gasteiger partial charge on any atom is 0.336 e. The first kappa shape index (κ1) is 19.4. The van der Waals surface area contributed by atoms with Crippen molar-refractivity contribution in [1.82, 2.24) is 10.6 Å². The molecule has 4 unspecified atom stereocenters. The molecule has 1 aliphatic rings. The second-order valence-corrected chi connectivity index (χ2v) is 6.13. The van der Waals surface area contributed by atoms with Gasteiger partial charge in [0.05, 0.1) is 0 Å². The number of carboxylic acids is 1. The van der Waals surface area contributed by atoms with Gasteiger partial charge in [-0.3, -0.25) is 9.59 Å². The molecule has 1 aliphatic heterocycles. The summed E-state index contributed by atoms with van der Waals surface area (Å²) >= 11 is 0. The summed E-state index contributed by atoms with van der Waals surface area (Å²) < 4.78 is 4.74. The van der Waals surface area contributed by atoms with Crippen LogP contribution in [0.4, 0.5) is 0 Å². The normalized spacial score (nSPS) is 22.0. The Morgan fingerprint density at radius 2 is 1.65 bits per heavy atom. The van der Waals surface area contributed by atoms with Crippen LogP contribution in [0, 0.1) is 11.8 Å². The summed E-state index contributed by atoms with van der Waals surface area (Å²) in [5, 5.41) is 22.9. The van der Waals surface area contributed by atoms with E-state index in [4.69, 9.17) is 14.9 Å². The molecule has 0 saturated carbocycles. The number of aliphatic carboxylic acids is 1. The monoisotopic (exact) mass is 330 g/mol. The van der Waals surface area contributed by atoms with Crippen molar-refractivity contribution in [1.29, 1.82) is 0 Å². The molecule has 0 aromatic carbocycles. The molecule has 0 radical (unpaired) electrons. The molecule has 8 heteroatoms. The number of epoxide rings is 1. The van der Waals surface area contributed by atoms with E-state index < -0.39 is 24.1 Å². The minimum atomic E-state index is -1.13. The SMILES string of the molecule is CC(CO)CCNC(=O)CC(C)CCNC(=O)C1OC1C(=O)O. The van der Waals surface area contributed by atoms with Crippen LogP contribution in [-0.4, -0.2) is 59.9 Å². The minimum absolute atomic E-state index is 0.0505. The highest BCUT2D eigenvalue weighted by atomic mass is 16.6. The molecular weight excluding hydrogens is 304 g/mol. The lowest BCUT2D eigenvalue weighted by Crippen LogP contribution is -2.32. The second-order valence-electron chi connectivity index (χ2n) is 6.13. The second kappa shape index (κ2) is 9.46. The zero-order chi connectivity index (χ0) is 17.4. The summed E-state index contributed by atoms with van der Waals surface area (Å²) in [4.78, 5) is 33.8. The van der Waals surface area contributed by atoms with Crippen LogP contribution in [0.5, 0.6) is 0 Å². The van der Waals surface area contributed by atoms with Crippen LogP contribution in [0.2, 0.25) is 0 Å². The van der Waals surface area contributed by atoms with Crippen molar-refractivity contribution in [2.45, 2.75) is 45.3 Å². The summed E-state index contributed by atoms with van der Waals surface area (Å²) in [5.74, 6) is -1.34. The van der Waals surface area contributed by atoms with Gasteiger partial charge in [0.15, 0.2) is 12.2 Å². The lowest BCUT2D eigenvalue weighted by atomic mass is 10.0. The number of carbonyl (C=O) groups is 3. The van der Waals surface area contributed by atoms with E-state index in [1.807, 2.05) is 13.8 Å². The number of nitrogens with one attached hydrogen (secondary N) is 2. The molecule has 1 rings (SSSR count). The van der Waals surface area contributed by atoms with Crippen molar-refractivity contribution >= 4 is 17.8 Å². The number of aliphatic hydroxyl groups is 1. The fraction of sp³-hybridized carbons (Fsp3) is 0.800. The molecular formula is C15H26N2O6. The molecule has 4 N–H and O–H groups in total. The third-order valence-corrected chi connectivity index (χ3v) is 3.73. The maximum atomic E-state index is 11.7. The molecule has 2 amide bonds. The van der Waals surface area contributed by atoms with E-state index in [-0.39, 0.29) is 24.3 Å². The van der Waals surface area contributed by atoms with Crippen LogP contribution in [0.25, 0.3) is 0 Å². The highest BCUT2D eigenvalue weighted by molar-refractivity contribution is 5.92. The molecule has 8 nitrogen and oxygen atoms in total. The number of rotatable bonds is 11. The highest BCUT2D eigenvalue weighted by Gasteiger charge is 2.50. The Bertz CT molecular complexity index is 428. The minimum Gasteiger partial charge on any atom is -0.479 e. The summed E-state index contributed by atoms with van der Waals surface area (Å²) in [7, 11) is 0. The Morgan fingerprint density at radius 3 is 2.22 bits per heavy atom. The van der Waals surface area contributed by atoms with Gasteiger partial charge < -0.3 is 25.6 Å². The van der Waals surface area contributed by atoms with E-state index in [2.05, 4.69) is 10.6 Å². The quantitative estimate of drug-likeness (QED) is 0.378.